The van der Waals surface area contributed by atoms with Crippen molar-refractivity contribution in [3.05, 3.63) is 35.6 Å². The molecule has 0 fully saturated rings. The monoisotopic (exact) mass is 268 g/mol. The quantitative estimate of drug-likeness (QED) is 0.763. The lowest BCUT2D eigenvalue weighted by molar-refractivity contribution is -0.141. The number of benzene rings is 1. The molecule has 6 heteroatoms. The van der Waals surface area contributed by atoms with Gasteiger partial charge in [-0.25, -0.2) is 9.18 Å². The van der Waals surface area contributed by atoms with Crippen LogP contribution in [0.4, 0.5) is 9.18 Å². The molecule has 1 aromatic carbocycles. The molecule has 1 aromatic rings. The fourth-order valence-corrected chi connectivity index (χ4v) is 1.44. The second kappa shape index (κ2) is 8.07. The largest absolute Gasteiger partial charge is 0.465 e. The van der Waals surface area contributed by atoms with Gasteiger partial charge in [0, 0.05) is 6.54 Å². The van der Waals surface area contributed by atoms with Gasteiger partial charge >= 0.3 is 12.0 Å². The van der Waals surface area contributed by atoms with Gasteiger partial charge in [-0.05, 0) is 25.0 Å². The molecule has 5 nitrogen and oxygen atoms in total. The molecule has 0 aliphatic carbocycles. The third-order valence-electron chi connectivity index (χ3n) is 2.34. The average Bonchev–Trinajstić information content (AvgIpc) is 2.39. The Morgan fingerprint density at radius 3 is 2.68 bits per heavy atom. The lowest BCUT2D eigenvalue weighted by Crippen LogP contribution is -2.39. The molecule has 0 heterocycles. The number of rotatable bonds is 6. The third kappa shape index (κ3) is 5.85. The highest BCUT2D eigenvalue weighted by atomic mass is 19.1. The van der Waals surface area contributed by atoms with Crippen LogP contribution in [0.3, 0.4) is 0 Å². The van der Waals surface area contributed by atoms with E-state index in [1.807, 2.05) is 0 Å². The number of carbonyl (C=O) groups is 2. The molecule has 0 atom stereocenters. The molecule has 0 radical (unpaired) electrons. The summed E-state index contributed by atoms with van der Waals surface area (Å²) >= 11 is 0. The van der Waals surface area contributed by atoms with E-state index in [4.69, 9.17) is 0 Å². The van der Waals surface area contributed by atoms with E-state index >= 15 is 0 Å². The summed E-state index contributed by atoms with van der Waals surface area (Å²) < 4.78 is 17.9. The first-order valence-corrected chi connectivity index (χ1v) is 6.04. The molecule has 19 heavy (non-hydrogen) atoms. The van der Waals surface area contributed by atoms with Crippen LogP contribution in [0.5, 0.6) is 0 Å². The Balaban J connectivity index is 2.21. The third-order valence-corrected chi connectivity index (χ3v) is 2.34. The lowest BCUT2D eigenvalue weighted by atomic mass is 10.1. The van der Waals surface area contributed by atoms with Crippen molar-refractivity contribution in [2.45, 2.75) is 13.3 Å². The zero-order chi connectivity index (χ0) is 14.1. The first kappa shape index (κ1) is 14.9. The average molecular weight is 268 g/mol. The Hall–Kier alpha value is -2.11. The number of ether oxygens (including phenoxy) is 1. The molecule has 0 bridgehead atoms. The summed E-state index contributed by atoms with van der Waals surface area (Å²) in [4.78, 5) is 22.3. The highest BCUT2D eigenvalue weighted by Crippen LogP contribution is 2.05. The first-order chi connectivity index (χ1) is 9.13. The minimum absolute atomic E-state index is 0.181. The van der Waals surface area contributed by atoms with E-state index < -0.39 is 12.0 Å². The predicted octanol–water partition coefficient (Wildman–Crippen LogP) is 1.23. The van der Waals surface area contributed by atoms with Crippen LogP contribution in [0.15, 0.2) is 24.3 Å². The Morgan fingerprint density at radius 1 is 1.26 bits per heavy atom. The number of amides is 2. The predicted molar refractivity (Wildman–Crippen MR) is 68.1 cm³/mol. The van der Waals surface area contributed by atoms with Gasteiger partial charge in [0.2, 0.25) is 0 Å². The maximum Gasteiger partial charge on any atom is 0.325 e. The molecule has 0 aliphatic heterocycles. The maximum atomic E-state index is 13.3. The van der Waals surface area contributed by atoms with E-state index in [1.165, 1.54) is 6.07 Å². The van der Waals surface area contributed by atoms with Crippen molar-refractivity contribution >= 4 is 12.0 Å². The van der Waals surface area contributed by atoms with Gasteiger partial charge in [0.15, 0.2) is 0 Å². The van der Waals surface area contributed by atoms with E-state index in [0.29, 0.717) is 12.0 Å². The van der Waals surface area contributed by atoms with Crippen LogP contribution in [0.2, 0.25) is 0 Å². The van der Waals surface area contributed by atoms with Crippen LogP contribution in [0.1, 0.15) is 12.5 Å². The zero-order valence-corrected chi connectivity index (χ0v) is 10.7. The number of carbonyl (C=O) groups excluding carboxylic acids is 2. The molecule has 0 spiro atoms. The van der Waals surface area contributed by atoms with Gasteiger partial charge < -0.3 is 15.4 Å². The number of halogens is 1. The standard InChI is InChI=1S/C13H17FN2O3/c1-2-19-12(17)9-16-13(18)15-8-7-10-5-3-4-6-11(10)14/h3-6H,2,7-9H2,1H3,(H2,15,16,18). The van der Waals surface area contributed by atoms with Gasteiger partial charge in [-0.1, -0.05) is 18.2 Å². The zero-order valence-electron chi connectivity index (χ0n) is 10.7. The van der Waals surface area contributed by atoms with Crippen LogP contribution in [0.25, 0.3) is 0 Å². The second-order valence-corrected chi connectivity index (χ2v) is 3.76. The van der Waals surface area contributed by atoms with Crippen molar-refractivity contribution in [3.63, 3.8) is 0 Å². The van der Waals surface area contributed by atoms with Gasteiger partial charge in [0.25, 0.3) is 0 Å². The molecular formula is C13H17FN2O3. The molecule has 0 unspecified atom stereocenters. The second-order valence-electron chi connectivity index (χ2n) is 3.76. The molecular weight excluding hydrogens is 251 g/mol. The Kier molecular flexibility index (Phi) is 6.35. The molecule has 0 saturated heterocycles. The van der Waals surface area contributed by atoms with Crippen LogP contribution < -0.4 is 10.6 Å². The number of hydrogen-bond donors (Lipinski definition) is 2. The summed E-state index contributed by atoms with van der Waals surface area (Å²) in [5.41, 5.74) is 0.535. The van der Waals surface area contributed by atoms with Gasteiger partial charge in [-0.3, -0.25) is 4.79 Å². The number of nitrogens with one attached hydrogen (secondary N) is 2. The van der Waals surface area contributed by atoms with Crippen molar-refractivity contribution in [3.8, 4) is 0 Å². The van der Waals surface area contributed by atoms with E-state index in [9.17, 15) is 14.0 Å². The lowest BCUT2D eigenvalue weighted by Gasteiger charge is -2.07. The summed E-state index contributed by atoms with van der Waals surface area (Å²) in [7, 11) is 0. The number of esters is 1. The van der Waals surface area contributed by atoms with E-state index in [2.05, 4.69) is 15.4 Å². The molecule has 0 aromatic heterocycles. The minimum atomic E-state index is -0.494. The summed E-state index contributed by atoms with van der Waals surface area (Å²) in [6.07, 6.45) is 0.388. The summed E-state index contributed by atoms with van der Waals surface area (Å²) in [5, 5.41) is 4.88. The first-order valence-electron chi connectivity index (χ1n) is 6.04. The molecule has 0 aliphatic rings. The van der Waals surface area contributed by atoms with Gasteiger partial charge in [-0.2, -0.15) is 0 Å². The Bertz CT molecular complexity index is 438. The summed E-state index contributed by atoms with van der Waals surface area (Å²) in [6.45, 7) is 2.07. The maximum absolute atomic E-state index is 13.3. The molecule has 104 valence electrons. The molecule has 2 N–H and O–H groups in total. The number of hydrogen-bond acceptors (Lipinski definition) is 3. The van der Waals surface area contributed by atoms with E-state index in [0.717, 1.165) is 0 Å². The van der Waals surface area contributed by atoms with Crippen molar-refractivity contribution in [2.24, 2.45) is 0 Å². The van der Waals surface area contributed by atoms with E-state index in [-0.39, 0.29) is 25.5 Å². The van der Waals surface area contributed by atoms with Gasteiger partial charge in [0.1, 0.15) is 12.4 Å². The van der Waals surface area contributed by atoms with Crippen molar-refractivity contribution < 1.29 is 18.7 Å². The fraction of sp³-hybridized carbons (Fsp3) is 0.385. The van der Waals surface area contributed by atoms with Crippen LogP contribution in [-0.4, -0.2) is 31.7 Å². The SMILES string of the molecule is CCOC(=O)CNC(=O)NCCc1ccccc1F. The Labute approximate surface area is 111 Å². The van der Waals surface area contributed by atoms with Crippen molar-refractivity contribution in [1.82, 2.24) is 10.6 Å². The van der Waals surface area contributed by atoms with E-state index in [1.54, 1.807) is 25.1 Å². The minimum Gasteiger partial charge on any atom is -0.465 e. The normalized spacial score (nSPS) is 9.79. The topological polar surface area (TPSA) is 67.4 Å². The van der Waals surface area contributed by atoms with Crippen LogP contribution >= 0.6 is 0 Å². The smallest absolute Gasteiger partial charge is 0.325 e. The van der Waals surface area contributed by atoms with Gasteiger partial charge in [0.05, 0.1) is 6.61 Å². The molecule has 0 saturated carbocycles. The van der Waals surface area contributed by atoms with Gasteiger partial charge in [-0.15, -0.1) is 0 Å². The summed E-state index contributed by atoms with van der Waals surface area (Å²) in [6, 6.07) is 5.89. The van der Waals surface area contributed by atoms with Crippen molar-refractivity contribution in [2.75, 3.05) is 19.7 Å². The summed E-state index contributed by atoms with van der Waals surface area (Å²) in [5.74, 6) is -0.789. The van der Waals surface area contributed by atoms with Crippen molar-refractivity contribution in [1.29, 1.82) is 0 Å². The number of urea groups is 1. The van der Waals surface area contributed by atoms with Crippen LogP contribution in [0, 0.1) is 5.82 Å². The highest BCUT2D eigenvalue weighted by Gasteiger charge is 2.05. The van der Waals surface area contributed by atoms with Crippen LogP contribution in [-0.2, 0) is 16.0 Å². The molecule has 1 rings (SSSR count). The Morgan fingerprint density at radius 2 is 2.00 bits per heavy atom. The fourth-order valence-electron chi connectivity index (χ4n) is 1.44. The highest BCUT2D eigenvalue weighted by molar-refractivity contribution is 5.80. The molecule has 2 amide bonds.